The lowest BCUT2D eigenvalue weighted by molar-refractivity contribution is -0.385. The fourth-order valence-electron chi connectivity index (χ4n) is 1.63. The van der Waals surface area contributed by atoms with E-state index in [1.165, 1.54) is 12.1 Å². The van der Waals surface area contributed by atoms with Crippen LogP contribution in [0.3, 0.4) is 0 Å². The molecular weight excluding hydrogens is 282 g/mol. The number of aliphatic carboxylic acids is 1. The first-order chi connectivity index (χ1) is 9.86. The number of aliphatic hydroxyl groups excluding tert-OH is 1. The molecule has 1 aromatic carbocycles. The van der Waals surface area contributed by atoms with Crippen molar-refractivity contribution in [2.45, 2.75) is 19.5 Å². The number of carbonyl (C=O) groups is 2. The van der Waals surface area contributed by atoms with Crippen LogP contribution in [-0.4, -0.2) is 39.8 Å². The second kappa shape index (κ2) is 7.20. The second-order valence-electron chi connectivity index (χ2n) is 4.22. The van der Waals surface area contributed by atoms with Crippen LogP contribution in [0.15, 0.2) is 18.2 Å². The van der Waals surface area contributed by atoms with Gasteiger partial charge in [0.25, 0.3) is 5.69 Å². The van der Waals surface area contributed by atoms with Gasteiger partial charge in [-0.05, 0) is 12.5 Å². The lowest BCUT2D eigenvalue weighted by Crippen LogP contribution is -2.47. The molecule has 114 valence electrons. The highest BCUT2D eigenvalue weighted by molar-refractivity contribution is 5.82. The highest BCUT2D eigenvalue weighted by atomic mass is 16.6. The number of amides is 2. The average Bonchev–Trinajstić information content (AvgIpc) is 2.42. The Kier molecular flexibility index (Phi) is 5.61. The maximum atomic E-state index is 11.5. The molecule has 2 amide bonds. The van der Waals surface area contributed by atoms with Crippen LogP contribution in [-0.2, 0) is 11.3 Å². The first kappa shape index (κ1) is 16.4. The second-order valence-corrected chi connectivity index (χ2v) is 4.22. The summed E-state index contributed by atoms with van der Waals surface area (Å²) in [5.74, 6) is -1.36. The van der Waals surface area contributed by atoms with Gasteiger partial charge in [0.05, 0.1) is 11.5 Å². The smallest absolute Gasteiger partial charge is 0.328 e. The van der Waals surface area contributed by atoms with Gasteiger partial charge < -0.3 is 20.8 Å². The van der Waals surface area contributed by atoms with Crippen molar-refractivity contribution in [3.05, 3.63) is 39.4 Å². The summed E-state index contributed by atoms with van der Waals surface area (Å²) in [6.07, 6.45) is 0. The zero-order valence-corrected chi connectivity index (χ0v) is 11.2. The molecule has 9 nitrogen and oxygen atoms in total. The fourth-order valence-corrected chi connectivity index (χ4v) is 1.63. The zero-order valence-electron chi connectivity index (χ0n) is 11.2. The third kappa shape index (κ3) is 4.42. The van der Waals surface area contributed by atoms with Gasteiger partial charge in [0.1, 0.15) is 0 Å². The van der Waals surface area contributed by atoms with Crippen LogP contribution in [0.2, 0.25) is 0 Å². The number of carbonyl (C=O) groups excluding carboxylic acids is 1. The molecule has 0 fully saturated rings. The maximum absolute atomic E-state index is 11.5. The topological polar surface area (TPSA) is 142 Å². The molecule has 9 heteroatoms. The molecule has 0 saturated carbocycles. The van der Waals surface area contributed by atoms with Crippen molar-refractivity contribution in [1.29, 1.82) is 0 Å². The van der Waals surface area contributed by atoms with Gasteiger partial charge in [0.2, 0.25) is 0 Å². The van der Waals surface area contributed by atoms with Crippen molar-refractivity contribution in [2.24, 2.45) is 0 Å². The van der Waals surface area contributed by atoms with Crippen LogP contribution >= 0.6 is 0 Å². The van der Waals surface area contributed by atoms with Crippen LogP contribution in [0.4, 0.5) is 10.5 Å². The number of hydrogen-bond donors (Lipinski definition) is 4. The Labute approximate surface area is 119 Å². The Balaban J connectivity index is 2.67. The van der Waals surface area contributed by atoms with Crippen LogP contribution in [0, 0.1) is 17.0 Å². The molecule has 0 spiro atoms. The normalized spacial score (nSPS) is 11.5. The number of nitro benzene ring substituents is 1. The summed E-state index contributed by atoms with van der Waals surface area (Å²) >= 11 is 0. The van der Waals surface area contributed by atoms with Crippen LogP contribution in [0.5, 0.6) is 0 Å². The molecule has 1 aromatic rings. The summed E-state index contributed by atoms with van der Waals surface area (Å²) < 4.78 is 0. The molecule has 0 heterocycles. The molecule has 1 rings (SSSR count). The molecule has 0 aliphatic rings. The van der Waals surface area contributed by atoms with Gasteiger partial charge in [0, 0.05) is 18.2 Å². The van der Waals surface area contributed by atoms with Gasteiger partial charge in [-0.3, -0.25) is 10.1 Å². The quantitative estimate of drug-likeness (QED) is 0.435. The molecule has 0 aromatic heterocycles. The van der Waals surface area contributed by atoms with E-state index in [2.05, 4.69) is 10.6 Å². The standard InChI is InChI=1S/C12H15N3O6/c1-7-8(3-2-4-10(7)15(20)21)5-13-12(19)14-9(6-16)11(17)18/h2-4,9,16H,5-6H2,1H3,(H,17,18)(H2,13,14,19). The Hall–Kier alpha value is -2.68. The number of hydrogen-bond acceptors (Lipinski definition) is 5. The molecule has 4 N–H and O–H groups in total. The van der Waals surface area contributed by atoms with Gasteiger partial charge in [-0.15, -0.1) is 0 Å². The maximum Gasteiger partial charge on any atom is 0.328 e. The van der Waals surface area contributed by atoms with E-state index in [0.29, 0.717) is 11.1 Å². The van der Waals surface area contributed by atoms with E-state index in [1.807, 2.05) is 0 Å². The summed E-state index contributed by atoms with van der Waals surface area (Å²) in [7, 11) is 0. The molecule has 0 radical (unpaired) electrons. The number of aliphatic hydroxyl groups is 1. The predicted molar refractivity (Wildman–Crippen MR) is 71.7 cm³/mol. The van der Waals surface area contributed by atoms with Crippen LogP contribution in [0.25, 0.3) is 0 Å². The number of nitro groups is 1. The molecule has 0 bridgehead atoms. The number of urea groups is 1. The van der Waals surface area contributed by atoms with Crippen molar-refractivity contribution in [2.75, 3.05) is 6.61 Å². The number of nitrogens with one attached hydrogen (secondary N) is 2. The first-order valence-electron chi connectivity index (χ1n) is 5.97. The predicted octanol–water partition coefficient (Wildman–Crippen LogP) is 0.148. The van der Waals surface area contributed by atoms with E-state index in [-0.39, 0.29) is 12.2 Å². The minimum Gasteiger partial charge on any atom is -0.480 e. The van der Waals surface area contributed by atoms with E-state index in [1.54, 1.807) is 13.0 Å². The number of rotatable bonds is 6. The van der Waals surface area contributed by atoms with Gasteiger partial charge in [-0.2, -0.15) is 0 Å². The molecule has 1 atom stereocenters. The third-order valence-electron chi connectivity index (χ3n) is 2.84. The van der Waals surface area contributed by atoms with Crippen molar-refractivity contribution in [3.63, 3.8) is 0 Å². The Morgan fingerprint density at radius 2 is 2.10 bits per heavy atom. The van der Waals surface area contributed by atoms with Gasteiger partial charge in [-0.25, -0.2) is 9.59 Å². The minimum absolute atomic E-state index is 0.00286. The molecule has 0 aliphatic carbocycles. The van der Waals surface area contributed by atoms with E-state index < -0.39 is 29.6 Å². The molecule has 1 unspecified atom stereocenters. The van der Waals surface area contributed by atoms with Crippen molar-refractivity contribution in [1.82, 2.24) is 10.6 Å². The summed E-state index contributed by atoms with van der Waals surface area (Å²) in [5.41, 5.74) is 0.892. The molecular formula is C12H15N3O6. The summed E-state index contributed by atoms with van der Waals surface area (Å²) in [5, 5.41) is 32.7. The molecule has 0 aliphatic heterocycles. The number of nitrogens with zero attached hydrogens (tertiary/aromatic N) is 1. The van der Waals surface area contributed by atoms with Gasteiger partial charge >= 0.3 is 12.0 Å². The SMILES string of the molecule is Cc1c(CNC(=O)NC(CO)C(=O)O)cccc1[N+](=O)[O-]. The summed E-state index contributed by atoms with van der Waals surface area (Å²) in [6.45, 7) is 0.816. The zero-order chi connectivity index (χ0) is 16.0. The van der Waals surface area contributed by atoms with Gasteiger partial charge in [0.15, 0.2) is 6.04 Å². The van der Waals surface area contributed by atoms with E-state index in [0.717, 1.165) is 0 Å². The highest BCUT2D eigenvalue weighted by Gasteiger charge is 2.19. The van der Waals surface area contributed by atoms with E-state index in [4.69, 9.17) is 10.2 Å². The number of carboxylic acid groups (broad SMARTS) is 1. The van der Waals surface area contributed by atoms with Gasteiger partial charge in [-0.1, -0.05) is 12.1 Å². The van der Waals surface area contributed by atoms with Crippen LogP contribution < -0.4 is 10.6 Å². The lowest BCUT2D eigenvalue weighted by atomic mass is 10.1. The third-order valence-corrected chi connectivity index (χ3v) is 2.84. The van der Waals surface area contributed by atoms with Crippen molar-refractivity contribution >= 4 is 17.7 Å². The summed E-state index contributed by atoms with van der Waals surface area (Å²) in [4.78, 5) is 32.4. The monoisotopic (exact) mass is 297 g/mol. The Bertz CT molecular complexity index is 560. The highest BCUT2D eigenvalue weighted by Crippen LogP contribution is 2.20. The number of carboxylic acids is 1. The Morgan fingerprint density at radius 1 is 1.43 bits per heavy atom. The molecule has 0 saturated heterocycles. The summed E-state index contributed by atoms with van der Waals surface area (Å²) in [6, 6.07) is 2.26. The van der Waals surface area contributed by atoms with E-state index in [9.17, 15) is 19.7 Å². The largest absolute Gasteiger partial charge is 0.480 e. The minimum atomic E-state index is -1.41. The number of benzene rings is 1. The first-order valence-corrected chi connectivity index (χ1v) is 5.97. The van der Waals surface area contributed by atoms with Crippen molar-refractivity contribution in [3.8, 4) is 0 Å². The van der Waals surface area contributed by atoms with Crippen molar-refractivity contribution < 1.29 is 24.7 Å². The average molecular weight is 297 g/mol. The molecule has 21 heavy (non-hydrogen) atoms. The van der Waals surface area contributed by atoms with E-state index >= 15 is 0 Å². The van der Waals surface area contributed by atoms with Crippen LogP contribution in [0.1, 0.15) is 11.1 Å². The lowest BCUT2D eigenvalue weighted by Gasteiger charge is -2.13. The Morgan fingerprint density at radius 3 is 2.62 bits per heavy atom. The fraction of sp³-hybridized carbons (Fsp3) is 0.333.